The van der Waals surface area contributed by atoms with Crippen LogP contribution in [0, 0.1) is 0 Å². The monoisotopic (exact) mass is 887 g/mol. The highest BCUT2D eigenvalue weighted by Gasteiger charge is 2.51. The van der Waals surface area contributed by atoms with E-state index in [1.807, 2.05) is 0 Å². The lowest BCUT2D eigenvalue weighted by atomic mass is 9.70. The minimum absolute atomic E-state index is 0.508. The first-order valence-electron chi connectivity index (χ1n) is 24.3. The predicted octanol–water partition coefficient (Wildman–Crippen LogP) is 18.5. The van der Waals surface area contributed by atoms with Crippen molar-refractivity contribution in [2.45, 2.75) is 5.41 Å². The molecule has 1 heteroatoms. The summed E-state index contributed by atoms with van der Waals surface area (Å²) < 4.78 is 0. The van der Waals surface area contributed by atoms with Gasteiger partial charge in [0.2, 0.25) is 0 Å². The van der Waals surface area contributed by atoms with Crippen LogP contribution in [0.4, 0.5) is 17.1 Å². The Morgan fingerprint density at radius 1 is 0.229 bits per heavy atom. The summed E-state index contributed by atoms with van der Waals surface area (Å²) in [5, 5.41) is 4.84. The van der Waals surface area contributed by atoms with Crippen molar-refractivity contribution in [1.29, 1.82) is 0 Å². The normalized spacial score (nSPS) is 12.7. The molecule has 0 unspecified atom stereocenters. The first-order chi connectivity index (χ1) is 34.8. The molecule has 1 nitrogen and oxygen atoms in total. The van der Waals surface area contributed by atoms with E-state index in [-0.39, 0.29) is 0 Å². The van der Waals surface area contributed by atoms with Gasteiger partial charge in [-0.15, -0.1) is 0 Å². The van der Waals surface area contributed by atoms with E-state index in [0.717, 1.165) is 22.6 Å². The average Bonchev–Trinajstić information content (AvgIpc) is 3.91. The Balaban J connectivity index is 1.12. The van der Waals surface area contributed by atoms with Gasteiger partial charge >= 0.3 is 0 Å². The van der Waals surface area contributed by atoms with Crippen molar-refractivity contribution in [3.63, 3.8) is 0 Å². The van der Waals surface area contributed by atoms with Crippen molar-refractivity contribution in [3.05, 3.63) is 295 Å². The van der Waals surface area contributed by atoms with Crippen LogP contribution in [0.25, 0.3) is 88.3 Å². The number of hydrogen-bond acceptors (Lipinski definition) is 1. The van der Waals surface area contributed by atoms with Crippen molar-refractivity contribution >= 4 is 38.6 Å². The summed E-state index contributed by atoms with van der Waals surface area (Å²) in [6, 6.07) is 101. The smallest absolute Gasteiger partial charge is 0.0726 e. The maximum absolute atomic E-state index is 2.59. The predicted molar refractivity (Wildman–Crippen MR) is 294 cm³/mol. The number of fused-ring (bicyclic) bond motifs is 13. The quantitative estimate of drug-likeness (QED) is 0.144. The third-order valence-corrected chi connectivity index (χ3v) is 15.1. The fourth-order valence-corrected chi connectivity index (χ4v) is 12.2. The lowest BCUT2D eigenvalue weighted by molar-refractivity contribution is 0.793. The van der Waals surface area contributed by atoms with Gasteiger partial charge in [0.25, 0.3) is 0 Å². The van der Waals surface area contributed by atoms with Crippen LogP contribution in [0.1, 0.15) is 22.3 Å². The molecule has 0 bridgehead atoms. The van der Waals surface area contributed by atoms with E-state index in [1.54, 1.807) is 0 Å². The molecule has 70 heavy (non-hydrogen) atoms. The molecule has 14 rings (SSSR count). The molecule has 0 atom stereocenters. The number of nitrogens with zero attached hydrogens (tertiary/aromatic N) is 1. The Morgan fingerprint density at radius 3 is 1.24 bits per heavy atom. The fourth-order valence-electron chi connectivity index (χ4n) is 12.2. The maximum Gasteiger partial charge on any atom is 0.0726 e. The van der Waals surface area contributed by atoms with Gasteiger partial charge in [0.05, 0.1) is 11.1 Å². The van der Waals surface area contributed by atoms with Crippen molar-refractivity contribution < 1.29 is 0 Å². The summed E-state index contributed by atoms with van der Waals surface area (Å²) in [4.78, 5) is 2.59. The number of hydrogen-bond donors (Lipinski definition) is 0. The molecule has 0 amide bonds. The van der Waals surface area contributed by atoms with Gasteiger partial charge in [-0.25, -0.2) is 0 Å². The average molecular weight is 888 g/mol. The van der Waals surface area contributed by atoms with Crippen molar-refractivity contribution in [2.75, 3.05) is 4.90 Å². The Morgan fingerprint density at radius 2 is 0.643 bits per heavy atom. The van der Waals surface area contributed by atoms with Crippen LogP contribution in [0.3, 0.4) is 0 Å². The van der Waals surface area contributed by atoms with Crippen LogP contribution in [0.2, 0.25) is 0 Å². The van der Waals surface area contributed by atoms with Gasteiger partial charge in [0.15, 0.2) is 0 Å². The molecule has 2 aliphatic rings. The number of rotatable bonds is 7. The zero-order valence-corrected chi connectivity index (χ0v) is 38.4. The third-order valence-electron chi connectivity index (χ3n) is 15.1. The molecule has 12 aromatic carbocycles. The first-order valence-corrected chi connectivity index (χ1v) is 24.3. The molecule has 12 aromatic rings. The molecule has 0 radical (unpaired) electrons. The van der Waals surface area contributed by atoms with Crippen LogP contribution in [0.15, 0.2) is 273 Å². The lowest BCUT2D eigenvalue weighted by Crippen LogP contribution is -2.26. The largest absolute Gasteiger partial charge is 0.309 e. The van der Waals surface area contributed by atoms with E-state index < -0.39 is 5.41 Å². The molecule has 0 aromatic heterocycles. The maximum atomic E-state index is 2.59. The Hall–Kier alpha value is -9.04. The van der Waals surface area contributed by atoms with Gasteiger partial charge in [-0.05, 0) is 130 Å². The van der Waals surface area contributed by atoms with Crippen LogP contribution in [-0.4, -0.2) is 0 Å². The van der Waals surface area contributed by atoms with Crippen LogP contribution in [-0.2, 0) is 5.41 Å². The molecule has 326 valence electrons. The van der Waals surface area contributed by atoms with Crippen molar-refractivity contribution in [3.8, 4) is 66.8 Å². The van der Waals surface area contributed by atoms with Crippen molar-refractivity contribution in [1.82, 2.24) is 0 Å². The second kappa shape index (κ2) is 16.0. The van der Waals surface area contributed by atoms with Gasteiger partial charge in [-0.3, -0.25) is 0 Å². The SMILES string of the molecule is c1ccc(-c2cccc(-c3c(N(c4ccc(-c5ccccc5)c(-c5ccccc5)c4)c4ccc5c(c4)C4(c6ccccc6-c6ccccc64)c4ccccc4-5)c4ccccc4c4ccccc34)c2)cc1. The molecule has 2 aliphatic carbocycles. The molecular formula is C69H45N. The van der Waals surface area contributed by atoms with E-state index in [4.69, 9.17) is 0 Å². The van der Waals surface area contributed by atoms with E-state index >= 15 is 0 Å². The highest BCUT2D eigenvalue weighted by Crippen LogP contribution is 2.64. The molecular weight excluding hydrogens is 843 g/mol. The van der Waals surface area contributed by atoms with Gasteiger partial charge < -0.3 is 4.90 Å². The summed E-state index contributed by atoms with van der Waals surface area (Å²) >= 11 is 0. The van der Waals surface area contributed by atoms with E-state index in [1.165, 1.54) is 105 Å². The molecule has 0 fully saturated rings. The van der Waals surface area contributed by atoms with Crippen LogP contribution in [0.5, 0.6) is 0 Å². The lowest BCUT2D eigenvalue weighted by Gasteiger charge is -2.34. The molecule has 0 N–H and O–H groups in total. The van der Waals surface area contributed by atoms with Crippen LogP contribution >= 0.6 is 0 Å². The third kappa shape index (κ3) is 5.98. The summed E-state index contributed by atoms with van der Waals surface area (Å²) in [6.45, 7) is 0. The van der Waals surface area contributed by atoms with Crippen molar-refractivity contribution in [2.24, 2.45) is 0 Å². The highest BCUT2D eigenvalue weighted by atomic mass is 15.1. The fraction of sp³-hybridized carbons (Fsp3) is 0.0145. The minimum Gasteiger partial charge on any atom is -0.309 e. The number of anilines is 3. The first kappa shape index (κ1) is 40.1. The van der Waals surface area contributed by atoms with E-state index in [0.29, 0.717) is 0 Å². The Kier molecular flexibility index (Phi) is 9.19. The zero-order valence-electron chi connectivity index (χ0n) is 38.4. The van der Waals surface area contributed by atoms with Crippen LogP contribution < -0.4 is 4.90 Å². The van der Waals surface area contributed by atoms with Gasteiger partial charge in [0, 0.05) is 22.3 Å². The Labute approximate surface area is 408 Å². The Bertz CT molecular complexity index is 3940. The summed E-state index contributed by atoms with van der Waals surface area (Å²) in [5.41, 5.74) is 22.7. The standard InChI is InChI=1S/C69H45N/c1-4-21-46(22-5-1)49-27-20-28-50(43-49)67-60-34-12-10-29-54(60)55-30-11-13-35-61(55)68(67)70(51-39-41-53(47-23-6-2-7-24-47)62(44-51)48-25-8-3-9-26-48)52-40-42-59-58-33-16-19-38-65(58)69(66(59)45-52)63-36-17-14-31-56(63)57-32-15-18-37-64(57)69/h1-45H. The molecule has 0 aliphatic heterocycles. The summed E-state index contributed by atoms with van der Waals surface area (Å²) in [5.74, 6) is 0. The molecule has 0 saturated heterocycles. The summed E-state index contributed by atoms with van der Waals surface area (Å²) in [7, 11) is 0. The summed E-state index contributed by atoms with van der Waals surface area (Å²) in [6.07, 6.45) is 0. The topological polar surface area (TPSA) is 3.24 Å². The van der Waals surface area contributed by atoms with Gasteiger partial charge in [-0.1, -0.05) is 243 Å². The van der Waals surface area contributed by atoms with Gasteiger partial charge in [0.1, 0.15) is 0 Å². The molecule has 1 spiro atoms. The highest BCUT2D eigenvalue weighted by molar-refractivity contribution is 6.22. The molecule has 0 saturated carbocycles. The molecule has 0 heterocycles. The van der Waals surface area contributed by atoms with E-state index in [2.05, 4.69) is 278 Å². The van der Waals surface area contributed by atoms with E-state index in [9.17, 15) is 0 Å². The number of benzene rings is 12. The zero-order chi connectivity index (χ0) is 46.2. The second-order valence-electron chi connectivity index (χ2n) is 18.7. The minimum atomic E-state index is -0.508. The second-order valence-corrected chi connectivity index (χ2v) is 18.7. The van der Waals surface area contributed by atoms with Gasteiger partial charge in [-0.2, -0.15) is 0 Å².